The first kappa shape index (κ1) is 39.1. The molecule has 1 aliphatic rings. The molecule has 0 spiro atoms. The fourth-order valence-corrected chi connectivity index (χ4v) is 12.1. The molecule has 11 aromatic carbocycles. The van der Waals surface area contributed by atoms with Crippen molar-refractivity contribution in [3.8, 4) is 44.5 Å². The monoisotopic (exact) mass is 869 g/mol. The van der Waals surface area contributed by atoms with E-state index in [1.807, 2.05) is 11.3 Å². The van der Waals surface area contributed by atoms with E-state index in [1.165, 1.54) is 97.7 Å². The highest BCUT2D eigenvalue weighted by Gasteiger charge is 2.46. The molecule has 67 heavy (non-hydrogen) atoms. The molecule has 0 saturated carbocycles. The average molecular weight is 870 g/mol. The van der Waals surface area contributed by atoms with Crippen LogP contribution in [0.3, 0.4) is 0 Å². The Bertz CT molecular complexity index is 3750. The zero-order valence-corrected chi connectivity index (χ0v) is 37.5. The minimum absolute atomic E-state index is 0.459. The number of hydrogen-bond donors (Lipinski definition) is 0. The fraction of sp³-hybridized carbons (Fsp3) is 0.0154. The van der Waals surface area contributed by atoms with Crippen molar-refractivity contribution in [1.29, 1.82) is 0 Å². The molecule has 2 heteroatoms. The maximum absolute atomic E-state index is 2.45. The highest BCUT2D eigenvalue weighted by atomic mass is 32.1. The second-order valence-electron chi connectivity index (χ2n) is 17.5. The minimum Gasteiger partial charge on any atom is -0.310 e. The molecule has 0 saturated heterocycles. The van der Waals surface area contributed by atoms with Gasteiger partial charge in [0.2, 0.25) is 0 Å². The van der Waals surface area contributed by atoms with Gasteiger partial charge in [0.05, 0.1) is 11.1 Å². The lowest BCUT2D eigenvalue weighted by molar-refractivity contribution is 0.769. The molecule has 13 rings (SSSR count). The summed E-state index contributed by atoms with van der Waals surface area (Å²) in [6, 6.07) is 96.3. The minimum atomic E-state index is -0.459. The molecule has 0 radical (unpaired) electrons. The summed E-state index contributed by atoms with van der Waals surface area (Å²) in [4.78, 5) is 2.44. The maximum atomic E-state index is 2.45. The third-order valence-electron chi connectivity index (χ3n) is 14.0. The SMILES string of the molecule is c1ccc(C2(c3ccccc3)c3ccccc3-c3ccc(-c4ccc(N(c5ccc(-c6cccc7ccccc67)cc5)c5ccccc5-c5cccc6sc7ccccc7c56)cc4)cc32)cc1. The van der Waals surface area contributed by atoms with Crippen LogP contribution in [-0.4, -0.2) is 0 Å². The van der Waals surface area contributed by atoms with E-state index < -0.39 is 5.41 Å². The van der Waals surface area contributed by atoms with E-state index in [-0.39, 0.29) is 0 Å². The Hall–Kier alpha value is -8.30. The van der Waals surface area contributed by atoms with Gasteiger partial charge in [-0.3, -0.25) is 0 Å². The van der Waals surface area contributed by atoms with E-state index in [0.29, 0.717) is 0 Å². The molecular formula is C65H43NS. The van der Waals surface area contributed by atoms with Crippen LogP contribution < -0.4 is 4.90 Å². The summed E-state index contributed by atoms with van der Waals surface area (Å²) in [5, 5.41) is 5.10. The molecule has 0 N–H and O–H groups in total. The van der Waals surface area contributed by atoms with E-state index in [2.05, 4.69) is 266 Å². The lowest BCUT2D eigenvalue weighted by atomic mass is 9.67. The number of fused-ring (bicyclic) bond motifs is 7. The lowest BCUT2D eigenvalue weighted by Gasteiger charge is -2.34. The molecule has 1 aromatic heterocycles. The Kier molecular flexibility index (Phi) is 9.33. The highest BCUT2D eigenvalue weighted by molar-refractivity contribution is 7.25. The zero-order valence-electron chi connectivity index (χ0n) is 36.7. The number of hydrogen-bond acceptors (Lipinski definition) is 2. The molecular weight excluding hydrogens is 827 g/mol. The van der Waals surface area contributed by atoms with Crippen LogP contribution in [0.2, 0.25) is 0 Å². The molecule has 0 atom stereocenters. The summed E-state index contributed by atoms with van der Waals surface area (Å²) >= 11 is 1.86. The number of anilines is 3. The summed E-state index contributed by atoms with van der Waals surface area (Å²) in [6.07, 6.45) is 0. The fourth-order valence-electron chi connectivity index (χ4n) is 11.0. The van der Waals surface area contributed by atoms with Crippen molar-refractivity contribution in [2.24, 2.45) is 0 Å². The molecule has 0 amide bonds. The van der Waals surface area contributed by atoms with E-state index in [0.717, 1.165) is 17.1 Å². The van der Waals surface area contributed by atoms with Gasteiger partial charge in [0.1, 0.15) is 0 Å². The van der Waals surface area contributed by atoms with Gasteiger partial charge in [-0.25, -0.2) is 0 Å². The third-order valence-corrected chi connectivity index (χ3v) is 15.1. The molecule has 1 aliphatic carbocycles. The normalized spacial score (nSPS) is 12.6. The van der Waals surface area contributed by atoms with Crippen LogP contribution in [0.15, 0.2) is 261 Å². The summed E-state index contributed by atoms with van der Waals surface area (Å²) in [7, 11) is 0. The molecule has 12 aromatic rings. The topological polar surface area (TPSA) is 3.24 Å². The Labute approximate surface area is 395 Å². The molecule has 0 unspecified atom stereocenters. The lowest BCUT2D eigenvalue weighted by Crippen LogP contribution is -2.28. The van der Waals surface area contributed by atoms with Crippen LogP contribution in [0.1, 0.15) is 22.3 Å². The van der Waals surface area contributed by atoms with Crippen LogP contribution in [0.5, 0.6) is 0 Å². The van der Waals surface area contributed by atoms with Gasteiger partial charge < -0.3 is 4.90 Å². The van der Waals surface area contributed by atoms with Crippen LogP contribution in [0, 0.1) is 0 Å². The van der Waals surface area contributed by atoms with Gasteiger partial charge in [0.25, 0.3) is 0 Å². The number of thiophene rings is 1. The van der Waals surface area contributed by atoms with Crippen molar-refractivity contribution in [2.75, 3.05) is 4.90 Å². The van der Waals surface area contributed by atoms with E-state index in [9.17, 15) is 0 Å². The first-order valence-corrected chi connectivity index (χ1v) is 23.9. The summed E-state index contributed by atoms with van der Waals surface area (Å²) < 4.78 is 2.60. The largest absolute Gasteiger partial charge is 0.310 e. The molecule has 0 aliphatic heterocycles. The van der Waals surface area contributed by atoms with E-state index in [4.69, 9.17) is 0 Å². The first-order valence-electron chi connectivity index (χ1n) is 23.1. The predicted octanol–water partition coefficient (Wildman–Crippen LogP) is 18.0. The number of rotatable bonds is 8. The van der Waals surface area contributed by atoms with Gasteiger partial charge in [0.15, 0.2) is 0 Å². The van der Waals surface area contributed by atoms with Gasteiger partial charge in [0, 0.05) is 37.1 Å². The third kappa shape index (κ3) is 6.29. The Morgan fingerprint density at radius 2 is 0.836 bits per heavy atom. The zero-order chi connectivity index (χ0) is 44.3. The van der Waals surface area contributed by atoms with Crippen LogP contribution in [0.4, 0.5) is 17.1 Å². The first-order chi connectivity index (χ1) is 33.2. The van der Waals surface area contributed by atoms with Gasteiger partial charge in [-0.2, -0.15) is 0 Å². The Morgan fingerprint density at radius 3 is 1.60 bits per heavy atom. The van der Waals surface area contributed by atoms with Crippen molar-refractivity contribution < 1.29 is 0 Å². The molecule has 1 heterocycles. The second kappa shape index (κ2) is 16.0. The Morgan fingerprint density at radius 1 is 0.313 bits per heavy atom. The van der Waals surface area contributed by atoms with Crippen molar-refractivity contribution >= 4 is 59.3 Å². The van der Waals surface area contributed by atoms with Gasteiger partial charge in [-0.05, 0) is 121 Å². The summed E-state index contributed by atoms with van der Waals surface area (Å²) in [5.41, 5.74) is 17.8. The van der Waals surface area contributed by atoms with Crippen LogP contribution in [0.25, 0.3) is 75.5 Å². The van der Waals surface area contributed by atoms with Crippen molar-refractivity contribution in [3.05, 3.63) is 283 Å². The molecule has 314 valence electrons. The van der Waals surface area contributed by atoms with Crippen molar-refractivity contribution in [2.45, 2.75) is 5.41 Å². The average Bonchev–Trinajstić information content (AvgIpc) is 3.94. The van der Waals surface area contributed by atoms with Gasteiger partial charge in [-0.15, -0.1) is 11.3 Å². The molecule has 1 nitrogen and oxygen atoms in total. The molecule has 0 bridgehead atoms. The highest BCUT2D eigenvalue weighted by Crippen LogP contribution is 2.57. The quantitative estimate of drug-likeness (QED) is 0.147. The van der Waals surface area contributed by atoms with Crippen molar-refractivity contribution in [1.82, 2.24) is 0 Å². The number of para-hydroxylation sites is 1. The van der Waals surface area contributed by atoms with Gasteiger partial charge in [-0.1, -0.05) is 212 Å². The van der Waals surface area contributed by atoms with Crippen LogP contribution in [-0.2, 0) is 5.41 Å². The molecule has 0 fully saturated rings. The number of benzene rings is 11. The van der Waals surface area contributed by atoms with Gasteiger partial charge >= 0.3 is 0 Å². The Balaban J connectivity index is 0.965. The van der Waals surface area contributed by atoms with Crippen LogP contribution >= 0.6 is 11.3 Å². The smallest absolute Gasteiger partial charge is 0.0713 e. The van der Waals surface area contributed by atoms with Crippen molar-refractivity contribution in [3.63, 3.8) is 0 Å². The standard InChI is InChI=1S/C65H43NS/c1-3-19-48(20-4-1)65(49-21-5-2-6-22-49)59-29-12-9-24-54(59)55-42-37-47(43-60(55)65)44-33-38-50(39-34-44)66(51-40-35-46(36-41-51)53-27-15-18-45-17-7-8-23-52(45)53)61-30-13-10-25-56(61)57-28-16-32-63-64(57)58-26-11-14-31-62(58)67-63/h1-43H. The van der Waals surface area contributed by atoms with E-state index >= 15 is 0 Å². The summed E-state index contributed by atoms with van der Waals surface area (Å²) in [6.45, 7) is 0. The van der Waals surface area contributed by atoms with E-state index in [1.54, 1.807) is 0 Å². The number of nitrogens with zero attached hydrogens (tertiary/aromatic N) is 1. The second-order valence-corrected chi connectivity index (χ2v) is 18.6. The predicted molar refractivity (Wildman–Crippen MR) is 285 cm³/mol. The summed E-state index contributed by atoms with van der Waals surface area (Å²) in [5.74, 6) is 0. The maximum Gasteiger partial charge on any atom is 0.0713 e.